The van der Waals surface area contributed by atoms with Crippen LogP contribution in [0.2, 0.25) is 0 Å². The molecule has 2 aromatic rings. The Morgan fingerprint density at radius 2 is 1.94 bits per heavy atom. The minimum atomic E-state index is 0.540. The molecule has 0 saturated carbocycles. The molecule has 0 aromatic carbocycles. The average molecular weight is 279 g/mol. The van der Waals surface area contributed by atoms with E-state index in [1.54, 1.807) is 18.6 Å². The van der Waals surface area contributed by atoms with Crippen LogP contribution in [0.5, 0.6) is 5.75 Å². The van der Waals surface area contributed by atoms with E-state index in [2.05, 4.69) is 25.9 Å². The zero-order chi connectivity index (χ0) is 11.2. The van der Waals surface area contributed by atoms with Crippen LogP contribution in [-0.2, 0) is 11.9 Å². The van der Waals surface area contributed by atoms with Crippen molar-refractivity contribution in [3.8, 4) is 5.75 Å². The molecular weight excluding hydrogens is 268 g/mol. The van der Waals surface area contributed by atoms with Gasteiger partial charge in [0.2, 0.25) is 0 Å². The average Bonchev–Trinajstić information content (AvgIpc) is 2.38. The predicted octanol–water partition coefficient (Wildman–Crippen LogP) is 2.95. The van der Waals surface area contributed by atoms with Crippen LogP contribution < -0.4 is 4.74 Å². The topological polar surface area (TPSA) is 35.0 Å². The highest BCUT2D eigenvalue weighted by atomic mass is 79.9. The Morgan fingerprint density at radius 3 is 2.56 bits per heavy atom. The zero-order valence-corrected chi connectivity index (χ0v) is 10.2. The highest BCUT2D eigenvalue weighted by Gasteiger charge is 1.96. The third-order valence-corrected chi connectivity index (χ3v) is 2.66. The number of halogens is 1. The van der Waals surface area contributed by atoms with E-state index in [-0.39, 0.29) is 0 Å². The van der Waals surface area contributed by atoms with Crippen LogP contribution in [0, 0.1) is 0 Å². The SMILES string of the molecule is BrCc1ccc(OCc2ccncc2)cn1. The van der Waals surface area contributed by atoms with Gasteiger partial charge < -0.3 is 4.74 Å². The van der Waals surface area contributed by atoms with Crippen LogP contribution >= 0.6 is 15.9 Å². The molecule has 0 spiro atoms. The van der Waals surface area contributed by atoms with Gasteiger partial charge in [0.1, 0.15) is 12.4 Å². The van der Waals surface area contributed by atoms with Crippen molar-refractivity contribution in [1.82, 2.24) is 9.97 Å². The molecule has 0 aliphatic rings. The summed E-state index contributed by atoms with van der Waals surface area (Å²) in [6.45, 7) is 0.540. The van der Waals surface area contributed by atoms with Crippen LogP contribution in [0.25, 0.3) is 0 Å². The highest BCUT2D eigenvalue weighted by Crippen LogP contribution is 2.12. The van der Waals surface area contributed by atoms with Gasteiger partial charge in [-0.1, -0.05) is 15.9 Å². The number of hydrogen-bond acceptors (Lipinski definition) is 3. The first-order valence-electron chi connectivity index (χ1n) is 4.91. The summed E-state index contributed by atoms with van der Waals surface area (Å²) in [5, 5.41) is 0.762. The molecule has 2 rings (SSSR count). The summed E-state index contributed by atoms with van der Waals surface area (Å²) in [7, 11) is 0. The summed E-state index contributed by atoms with van der Waals surface area (Å²) in [4.78, 5) is 8.18. The van der Waals surface area contributed by atoms with Gasteiger partial charge in [-0.2, -0.15) is 0 Å². The number of nitrogens with zero attached hydrogens (tertiary/aromatic N) is 2. The third-order valence-electron chi connectivity index (χ3n) is 2.09. The van der Waals surface area contributed by atoms with Gasteiger partial charge in [-0.25, -0.2) is 0 Å². The second kappa shape index (κ2) is 5.61. The Labute approximate surface area is 103 Å². The van der Waals surface area contributed by atoms with Crippen molar-refractivity contribution in [2.75, 3.05) is 0 Å². The summed E-state index contributed by atoms with van der Waals surface area (Å²) in [5.41, 5.74) is 2.09. The lowest BCUT2D eigenvalue weighted by Crippen LogP contribution is -1.96. The summed E-state index contributed by atoms with van der Waals surface area (Å²) in [5.74, 6) is 0.779. The second-order valence-electron chi connectivity index (χ2n) is 3.26. The zero-order valence-electron chi connectivity index (χ0n) is 8.64. The molecule has 2 heterocycles. The van der Waals surface area contributed by atoms with E-state index in [9.17, 15) is 0 Å². The smallest absolute Gasteiger partial charge is 0.138 e. The first-order valence-corrected chi connectivity index (χ1v) is 6.03. The van der Waals surface area contributed by atoms with E-state index in [1.165, 1.54) is 0 Å². The molecule has 0 atom stereocenters. The van der Waals surface area contributed by atoms with Gasteiger partial charge in [0, 0.05) is 17.7 Å². The first kappa shape index (κ1) is 11.1. The third kappa shape index (κ3) is 3.03. The van der Waals surface area contributed by atoms with Crippen LogP contribution in [0.1, 0.15) is 11.3 Å². The largest absolute Gasteiger partial charge is 0.487 e. The van der Waals surface area contributed by atoms with Crippen molar-refractivity contribution < 1.29 is 4.74 Å². The lowest BCUT2D eigenvalue weighted by atomic mass is 10.3. The molecule has 0 bridgehead atoms. The fraction of sp³-hybridized carbons (Fsp3) is 0.167. The maximum Gasteiger partial charge on any atom is 0.138 e. The van der Waals surface area contributed by atoms with Crippen molar-refractivity contribution >= 4 is 15.9 Å². The van der Waals surface area contributed by atoms with E-state index in [0.29, 0.717) is 6.61 Å². The summed E-state index contributed by atoms with van der Waals surface area (Å²) in [6, 6.07) is 7.72. The maximum atomic E-state index is 5.59. The van der Waals surface area contributed by atoms with Crippen molar-refractivity contribution in [1.29, 1.82) is 0 Å². The van der Waals surface area contributed by atoms with Gasteiger partial charge in [-0.3, -0.25) is 9.97 Å². The van der Waals surface area contributed by atoms with Crippen LogP contribution in [0.15, 0.2) is 42.9 Å². The maximum absolute atomic E-state index is 5.59. The molecule has 4 heteroatoms. The summed E-state index contributed by atoms with van der Waals surface area (Å²) < 4.78 is 5.59. The molecule has 0 amide bonds. The van der Waals surface area contributed by atoms with Crippen molar-refractivity contribution in [2.45, 2.75) is 11.9 Å². The molecule has 0 radical (unpaired) electrons. The normalized spacial score (nSPS) is 10.1. The van der Waals surface area contributed by atoms with Crippen molar-refractivity contribution in [3.05, 3.63) is 54.1 Å². The molecule has 0 aliphatic carbocycles. The van der Waals surface area contributed by atoms with Gasteiger partial charge in [0.25, 0.3) is 0 Å². The monoisotopic (exact) mass is 278 g/mol. The molecule has 0 saturated heterocycles. The molecule has 16 heavy (non-hydrogen) atoms. The van der Waals surface area contributed by atoms with Gasteiger partial charge in [-0.15, -0.1) is 0 Å². The Bertz CT molecular complexity index is 431. The van der Waals surface area contributed by atoms with Gasteiger partial charge >= 0.3 is 0 Å². The van der Waals surface area contributed by atoms with Crippen LogP contribution in [0.3, 0.4) is 0 Å². The standard InChI is InChI=1S/C12H11BrN2O/c13-7-11-1-2-12(8-15-11)16-9-10-3-5-14-6-4-10/h1-6,8H,7,9H2. The molecule has 2 aromatic heterocycles. The second-order valence-corrected chi connectivity index (χ2v) is 3.82. The highest BCUT2D eigenvalue weighted by molar-refractivity contribution is 9.08. The Morgan fingerprint density at radius 1 is 1.12 bits per heavy atom. The van der Waals surface area contributed by atoms with Crippen LogP contribution in [0.4, 0.5) is 0 Å². The lowest BCUT2D eigenvalue weighted by molar-refractivity contribution is 0.304. The molecular formula is C12H11BrN2O. The number of hydrogen-bond donors (Lipinski definition) is 0. The number of alkyl halides is 1. The van der Waals surface area contributed by atoms with E-state index in [4.69, 9.17) is 4.74 Å². The Hall–Kier alpha value is -1.42. The van der Waals surface area contributed by atoms with Gasteiger partial charge in [0.05, 0.1) is 11.9 Å². The predicted molar refractivity (Wildman–Crippen MR) is 65.4 cm³/mol. The van der Waals surface area contributed by atoms with Gasteiger partial charge in [-0.05, 0) is 29.8 Å². The van der Waals surface area contributed by atoms with E-state index in [1.807, 2.05) is 24.3 Å². The van der Waals surface area contributed by atoms with Crippen LogP contribution in [-0.4, -0.2) is 9.97 Å². The fourth-order valence-corrected chi connectivity index (χ4v) is 1.55. The number of rotatable bonds is 4. The number of ether oxygens (including phenoxy) is 1. The molecule has 3 nitrogen and oxygen atoms in total. The van der Waals surface area contributed by atoms with E-state index >= 15 is 0 Å². The molecule has 0 aliphatic heterocycles. The molecule has 0 fully saturated rings. The Kier molecular flexibility index (Phi) is 3.88. The molecule has 82 valence electrons. The minimum absolute atomic E-state index is 0.540. The number of pyridine rings is 2. The first-order chi connectivity index (χ1) is 7.88. The quantitative estimate of drug-likeness (QED) is 0.807. The summed E-state index contributed by atoms with van der Waals surface area (Å²) >= 11 is 3.35. The lowest BCUT2D eigenvalue weighted by Gasteiger charge is -2.05. The van der Waals surface area contributed by atoms with E-state index < -0.39 is 0 Å². The fourth-order valence-electron chi connectivity index (χ4n) is 1.22. The Balaban J connectivity index is 1.94. The van der Waals surface area contributed by atoms with E-state index in [0.717, 1.165) is 22.3 Å². The van der Waals surface area contributed by atoms with Crippen molar-refractivity contribution in [2.24, 2.45) is 0 Å². The van der Waals surface area contributed by atoms with Gasteiger partial charge in [0.15, 0.2) is 0 Å². The number of aromatic nitrogens is 2. The van der Waals surface area contributed by atoms with Crippen molar-refractivity contribution in [3.63, 3.8) is 0 Å². The minimum Gasteiger partial charge on any atom is -0.487 e. The molecule has 0 unspecified atom stereocenters. The molecule has 0 N–H and O–H groups in total. The summed E-state index contributed by atoms with van der Waals surface area (Å²) in [6.07, 6.45) is 5.24.